The standard InChI is InChI=1S/C29H33N7O3S/c1-20-18-36-27(31-28(20)34-16-13-21(19-34)23-10-5-7-14-30-23)17-25(32-36)26-12-6-8-15-35(26)29(37)22-9-3-4-11-24(22)33-40(2,38)39/h3-5,7,9-11,14,17-18,21,26,33H,6,8,12-13,15-16,19H2,1-2H3. The maximum atomic E-state index is 13.8. The van der Waals surface area contributed by atoms with E-state index in [-0.39, 0.29) is 17.6 Å². The van der Waals surface area contributed by atoms with Crippen molar-refractivity contribution in [2.75, 3.05) is 35.5 Å². The molecule has 2 atom stereocenters. The largest absolute Gasteiger partial charge is 0.356 e. The number of benzene rings is 1. The summed E-state index contributed by atoms with van der Waals surface area (Å²) in [6.07, 6.45) is 8.61. The van der Waals surface area contributed by atoms with Crippen LogP contribution in [0.15, 0.2) is 60.9 Å². The highest BCUT2D eigenvalue weighted by atomic mass is 32.2. The van der Waals surface area contributed by atoms with Crippen molar-refractivity contribution in [3.05, 3.63) is 83.4 Å². The van der Waals surface area contributed by atoms with Gasteiger partial charge in [0.2, 0.25) is 10.0 Å². The highest BCUT2D eigenvalue weighted by molar-refractivity contribution is 7.92. The Balaban J connectivity index is 1.28. The molecule has 11 heteroatoms. The number of nitrogens with zero attached hydrogens (tertiary/aromatic N) is 6. The number of para-hydroxylation sites is 1. The van der Waals surface area contributed by atoms with Crippen LogP contribution in [0, 0.1) is 6.92 Å². The van der Waals surface area contributed by atoms with Gasteiger partial charge in [0.15, 0.2) is 5.65 Å². The second-order valence-electron chi connectivity index (χ2n) is 10.7. The number of anilines is 2. The molecule has 10 nitrogen and oxygen atoms in total. The average Bonchev–Trinajstić information content (AvgIpc) is 3.59. The average molecular weight is 560 g/mol. The van der Waals surface area contributed by atoms with Crippen LogP contribution < -0.4 is 9.62 Å². The molecule has 2 aliphatic heterocycles. The number of pyridine rings is 1. The maximum absolute atomic E-state index is 13.8. The molecule has 40 heavy (non-hydrogen) atoms. The summed E-state index contributed by atoms with van der Waals surface area (Å²) in [4.78, 5) is 27.5. The molecule has 0 aliphatic carbocycles. The Hall–Kier alpha value is -3.99. The van der Waals surface area contributed by atoms with Gasteiger partial charge in [-0.25, -0.2) is 17.9 Å². The van der Waals surface area contributed by atoms with Gasteiger partial charge in [-0.3, -0.25) is 14.5 Å². The SMILES string of the molecule is Cc1cn2nc(C3CCCCN3C(=O)c3ccccc3NS(C)(=O)=O)cc2nc1N1CCC(c2ccccn2)C1. The van der Waals surface area contributed by atoms with Gasteiger partial charge in [0.05, 0.1) is 29.2 Å². The van der Waals surface area contributed by atoms with Crippen LogP contribution >= 0.6 is 0 Å². The number of piperidine rings is 1. The Morgan fingerprint density at radius 1 is 1.02 bits per heavy atom. The molecule has 3 aromatic heterocycles. The Labute approximate surface area is 234 Å². The van der Waals surface area contributed by atoms with Gasteiger partial charge < -0.3 is 9.80 Å². The van der Waals surface area contributed by atoms with E-state index in [2.05, 4.69) is 27.6 Å². The van der Waals surface area contributed by atoms with Crippen molar-refractivity contribution < 1.29 is 13.2 Å². The number of likely N-dealkylation sites (tertiary alicyclic amines) is 1. The quantitative estimate of drug-likeness (QED) is 0.377. The predicted octanol–water partition coefficient (Wildman–Crippen LogP) is 4.17. The minimum Gasteiger partial charge on any atom is -0.356 e. The fourth-order valence-electron chi connectivity index (χ4n) is 5.91. The lowest BCUT2D eigenvalue weighted by molar-refractivity contribution is 0.0607. The fraction of sp³-hybridized carbons (Fsp3) is 0.379. The normalized spacial score (nSPS) is 19.8. The zero-order valence-electron chi connectivity index (χ0n) is 22.7. The van der Waals surface area contributed by atoms with Gasteiger partial charge in [0.1, 0.15) is 5.82 Å². The molecule has 0 spiro atoms. The van der Waals surface area contributed by atoms with E-state index >= 15 is 0 Å². The molecule has 4 aromatic rings. The Morgan fingerprint density at radius 2 is 1.85 bits per heavy atom. The predicted molar refractivity (Wildman–Crippen MR) is 154 cm³/mol. The minimum absolute atomic E-state index is 0.212. The van der Waals surface area contributed by atoms with Gasteiger partial charge in [-0.2, -0.15) is 5.10 Å². The first-order valence-electron chi connectivity index (χ1n) is 13.7. The fourth-order valence-corrected chi connectivity index (χ4v) is 6.49. The molecule has 5 heterocycles. The lowest BCUT2D eigenvalue weighted by Gasteiger charge is -2.35. The van der Waals surface area contributed by atoms with E-state index in [0.29, 0.717) is 18.0 Å². The second kappa shape index (κ2) is 10.5. The second-order valence-corrected chi connectivity index (χ2v) is 12.5. The van der Waals surface area contributed by atoms with Crippen LogP contribution in [0.5, 0.6) is 0 Å². The number of aromatic nitrogens is 4. The van der Waals surface area contributed by atoms with E-state index in [0.717, 1.165) is 73.4 Å². The number of carbonyl (C=O) groups excluding carboxylic acids is 1. The molecule has 1 amide bonds. The van der Waals surface area contributed by atoms with Crippen molar-refractivity contribution in [1.29, 1.82) is 0 Å². The Kier molecular flexibility index (Phi) is 6.91. The molecular formula is C29H33N7O3S. The first-order chi connectivity index (χ1) is 19.3. The molecule has 0 bridgehead atoms. The smallest absolute Gasteiger partial charge is 0.256 e. The van der Waals surface area contributed by atoms with Gasteiger partial charge in [-0.1, -0.05) is 18.2 Å². The Bertz CT molecular complexity index is 1650. The number of hydrogen-bond acceptors (Lipinski definition) is 7. The summed E-state index contributed by atoms with van der Waals surface area (Å²) in [7, 11) is -3.53. The summed E-state index contributed by atoms with van der Waals surface area (Å²) in [6.45, 7) is 4.41. The van der Waals surface area contributed by atoms with Crippen molar-refractivity contribution in [3.63, 3.8) is 0 Å². The summed E-state index contributed by atoms with van der Waals surface area (Å²) in [5.74, 6) is 1.12. The number of fused-ring (bicyclic) bond motifs is 1. The van der Waals surface area contributed by atoms with Crippen molar-refractivity contribution >= 4 is 33.1 Å². The molecule has 2 fully saturated rings. The van der Waals surface area contributed by atoms with Crippen LogP contribution in [0.1, 0.15) is 65.0 Å². The topological polar surface area (TPSA) is 113 Å². The summed E-state index contributed by atoms with van der Waals surface area (Å²) in [5, 5.41) is 4.86. The van der Waals surface area contributed by atoms with Gasteiger partial charge >= 0.3 is 0 Å². The highest BCUT2D eigenvalue weighted by Crippen LogP contribution is 2.35. The molecule has 0 saturated carbocycles. The highest BCUT2D eigenvalue weighted by Gasteiger charge is 2.32. The van der Waals surface area contributed by atoms with Crippen molar-refractivity contribution in [2.45, 2.75) is 44.6 Å². The molecule has 208 valence electrons. The number of aryl methyl sites for hydroxylation is 1. The number of rotatable bonds is 6. The summed E-state index contributed by atoms with van der Waals surface area (Å²) in [5.41, 5.74) is 4.31. The van der Waals surface area contributed by atoms with E-state index in [1.807, 2.05) is 35.5 Å². The molecule has 2 saturated heterocycles. The van der Waals surface area contributed by atoms with Crippen LogP contribution in [0.25, 0.3) is 5.65 Å². The third kappa shape index (κ3) is 5.25. The third-order valence-electron chi connectivity index (χ3n) is 7.78. The maximum Gasteiger partial charge on any atom is 0.256 e. The van der Waals surface area contributed by atoms with E-state index in [1.54, 1.807) is 28.8 Å². The molecule has 2 aliphatic rings. The lowest BCUT2D eigenvalue weighted by atomic mass is 9.98. The molecule has 0 radical (unpaired) electrons. The monoisotopic (exact) mass is 559 g/mol. The van der Waals surface area contributed by atoms with Crippen LogP contribution in [0.4, 0.5) is 11.5 Å². The molecule has 6 rings (SSSR count). The van der Waals surface area contributed by atoms with Crippen LogP contribution in [0.3, 0.4) is 0 Å². The Morgan fingerprint density at radius 3 is 2.65 bits per heavy atom. The molecular weight excluding hydrogens is 526 g/mol. The van der Waals surface area contributed by atoms with Gasteiger partial charge in [-0.15, -0.1) is 0 Å². The van der Waals surface area contributed by atoms with Crippen LogP contribution in [0.2, 0.25) is 0 Å². The number of carbonyl (C=O) groups is 1. The first kappa shape index (κ1) is 26.2. The van der Waals surface area contributed by atoms with Gasteiger partial charge in [0, 0.05) is 55.3 Å². The van der Waals surface area contributed by atoms with Gasteiger partial charge in [0.25, 0.3) is 5.91 Å². The summed E-state index contributed by atoms with van der Waals surface area (Å²) < 4.78 is 28.1. The lowest BCUT2D eigenvalue weighted by Crippen LogP contribution is -2.39. The van der Waals surface area contributed by atoms with Crippen molar-refractivity contribution in [3.8, 4) is 0 Å². The van der Waals surface area contributed by atoms with Gasteiger partial charge in [-0.05, 0) is 56.9 Å². The summed E-state index contributed by atoms with van der Waals surface area (Å²) >= 11 is 0. The number of hydrogen-bond donors (Lipinski definition) is 1. The van der Waals surface area contributed by atoms with Crippen molar-refractivity contribution in [2.24, 2.45) is 0 Å². The molecule has 1 aromatic carbocycles. The zero-order valence-corrected chi connectivity index (χ0v) is 23.5. The van der Waals surface area contributed by atoms with E-state index in [9.17, 15) is 13.2 Å². The number of amides is 1. The first-order valence-corrected chi connectivity index (χ1v) is 15.6. The molecule has 2 unspecified atom stereocenters. The molecule has 1 N–H and O–H groups in total. The van der Waals surface area contributed by atoms with E-state index in [1.165, 1.54) is 0 Å². The number of sulfonamides is 1. The number of nitrogens with one attached hydrogen (secondary N) is 1. The van der Waals surface area contributed by atoms with E-state index in [4.69, 9.17) is 10.1 Å². The van der Waals surface area contributed by atoms with Crippen LogP contribution in [-0.4, -0.2) is 64.7 Å². The van der Waals surface area contributed by atoms with Crippen molar-refractivity contribution in [1.82, 2.24) is 24.5 Å². The summed E-state index contributed by atoms with van der Waals surface area (Å²) in [6, 6.07) is 14.6. The van der Waals surface area contributed by atoms with E-state index < -0.39 is 10.0 Å². The zero-order chi connectivity index (χ0) is 27.9. The third-order valence-corrected chi connectivity index (χ3v) is 8.37. The minimum atomic E-state index is -3.53. The van der Waals surface area contributed by atoms with Crippen LogP contribution in [-0.2, 0) is 10.0 Å².